The lowest BCUT2D eigenvalue weighted by molar-refractivity contribution is 0.200. The van der Waals surface area contributed by atoms with Gasteiger partial charge in [0, 0.05) is 25.5 Å². The second kappa shape index (κ2) is 4.85. The predicted octanol–water partition coefficient (Wildman–Crippen LogP) is 1.32. The summed E-state index contributed by atoms with van der Waals surface area (Å²) < 4.78 is 7.05. The van der Waals surface area contributed by atoms with Gasteiger partial charge in [-0.2, -0.15) is 0 Å². The summed E-state index contributed by atoms with van der Waals surface area (Å²) in [5.74, 6) is 1.55. The van der Waals surface area contributed by atoms with Crippen molar-refractivity contribution in [3.8, 4) is 0 Å². The molecule has 2 rings (SSSR count). The second-order valence-electron chi connectivity index (χ2n) is 3.64. The Labute approximate surface area is 93.4 Å². The number of hydrogen-bond acceptors (Lipinski definition) is 5. The Kier molecular flexibility index (Phi) is 3.48. The van der Waals surface area contributed by atoms with Crippen molar-refractivity contribution in [2.45, 2.75) is 30.5 Å². The number of hydrogen-bond donors (Lipinski definition) is 1. The van der Waals surface area contributed by atoms with Gasteiger partial charge in [0.1, 0.15) is 0 Å². The molecule has 1 fully saturated rings. The number of anilines is 1. The summed E-state index contributed by atoms with van der Waals surface area (Å²) in [7, 11) is 1.72. The number of nitrogen functional groups attached to an aromatic ring is 1. The highest BCUT2D eigenvalue weighted by Gasteiger charge is 2.28. The summed E-state index contributed by atoms with van der Waals surface area (Å²) in [5, 5.41) is 8.95. The number of aromatic nitrogens is 3. The Balaban J connectivity index is 1.90. The Morgan fingerprint density at radius 1 is 1.53 bits per heavy atom. The first-order valence-electron chi connectivity index (χ1n) is 5.15. The molecule has 15 heavy (non-hydrogen) atoms. The number of nitrogens with zero attached hydrogens (tertiary/aromatic N) is 3. The van der Waals surface area contributed by atoms with Crippen LogP contribution in [0, 0.1) is 0 Å². The lowest BCUT2D eigenvalue weighted by Gasteiger charge is -2.05. The van der Waals surface area contributed by atoms with E-state index in [9.17, 15) is 0 Å². The topological polar surface area (TPSA) is 66.0 Å². The van der Waals surface area contributed by atoms with E-state index in [0.29, 0.717) is 12.0 Å². The monoisotopic (exact) mass is 228 g/mol. The number of ether oxygens (including phenoxy) is 1. The van der Waals surface area contributed by atoms with Crippen molar-refractivity contribution in [3.63, 3.8) is 0 Å². The molecular formula is C9H16N4OS. The molecular weight excluding hydrogens is 212 g/mol. The van der Waals surface area contributed by atoms with Gasteiger partial charge in [0.2, 0.25) is 5.95 Å². The Hall–Kier alpha value is -0.750. The quantitative estimate of drug-likeness (QED) is 0.587. The third-order valence-electron chi connectivity index (χ3n) is 2.33. The first-order chi connectivity index (χ1) is 7.33. The fourth-order valence-electron chi connectivity index (χ4n) is 1.43. The highest BCUT2D eigenvalue weighted by molar-refractivity contribution is 7.99. The van der Waals surface area contributed by atoms with Gasteiger partial charge in [0.15, 0.2) is 5.16 Å². The van der Waals surface area contributed by atoms with E-state index in [1.165, 1.54) is 12.8 Å². The largest absolute Gasteiger partial charge is 0.385 e. The smallest absolute Gasteiger partial charge is 0.222 e. The normalized spacial score (nSPS) is 15.8. The van der Waals surface area contributed by atoms with E-state index in [4.69, 9.17) is 10.5 Å². The van der Waals surface area contributed by atoms with Crippen LogP contribution >= 0.6 is 11.8 Å². The van der Waals surface area contributed by atoms with Gasteiger partial charge < -0.3 is 10.5 Å². The number of thioether (sulfide) groups is 1. The summed E-state index contributed by atoms with van der Waals surface area (Å²) in [6.07, 6.45) is 3.43. The fraction of sp³-hybridized carbons (Fsp3) is 0.778. The van der Waals surface area contributed by atoms with Crippen molar-refractivity contribution in [2.75, 3.05) is 25.2 Å². The van der Waals surface area contributed by atoms with Gasteiger partial charge in [-0.15, -0.1) is 10.2 Å². The molecule has 84 valence electrons. The molecule has 1 aliphatic rings. The Morgan fingerprint density at radius 2 is 2.33 bits per heavy atom. The molecule has 0 aliphatic heterocycles. The molecule has 0 amide bonds. The molecule has 1 heterocycles. The van der Waals surface area contributed by atoms with E-state index in [-0.39, 0.29) is 0 Å². The van der Waals surface area contributed by atoms with Gasteiger partial charge in [-0.3, -0.25) is 4.57 Å². The van der Waals surface area contributed by atoms with Crippen molar-refractivity contribution >= 4 is 17.7 Å². The molecule has 0 radical (unpaired) electrons. The zero-order valence-electron chi connectivity index (χ0n) is 8.85. The zero-order chi connectivity index (χ0) is 10.7. The molecule has 0 atom stereocenters. The molecule has 0 bridgehead atoms. The van der Waals surface area contributed by atoms with Gasteiger partial charge in [0.25, 0.3) is 0 Å². The minimum atomic E-state index is 0.546. The zero-order valence-corrected chi connectivity index (χ0v) is 9.66. The molecule has 0 saturated heterocycles. The molecule has 2 N–H and O–H groups in total. The number of methoxy groups -OCH3 is 1. The standard InChI is InChI=1S/C9H16N4OS/c1-14-5-2-6-15-9-12-11-8(10)13(9)7-3-4-7/h7H,2-6H2,1H3,(H2,10,11). The van der Waals surface area contributed by atoms with Crippen LogP contribution in [0.15, 0.2) is 5.16 Å². The van der Waals surface area contributed by atoms with Crippen molar-refractivity contribution in [1.29, 1.82) is 0 Å². The Morgan fingerprint density at radius 3 is 3.00 bits per heavy atom. The van der Waals surface area contributed by atoms with Crippen LogP contribution in [0.1, 0.15) is 25.3 Å². The average Bonchev–Trinajstić information content (AvgIpc) is 2.99. The van der Waals surface area contributed by atoms with Crippen LogP contribution in [-0.4, -0.2) is 34.2 Å². The van der Waals surface area contributed by atoms with E-state index < -0.39 is 0 Å². The van der Waals surface area contributed by atoms with Crippen LogP contribution in [0.25, 0.3) is 0 Å². The number of nitrogens with two attached hydrogens (primary N) is 1. The average molecular weight is 228 g/mol. The minimum Gasteiger partial charge on any atom is -0.385 e. The molecule has 1 aliphatic carbocycles. The fourth-order valence-corrected chi connectivity index (χ4v) is 2.35. The molecule has 0 aromatic carbocycles. The predicted molar refractivity (Wildman–Crippen MR) is 59.9 cm³/mol. The van der Waals surface area contributed by atoms with Crippen LogP contribution in [0.4, 0.5) is 5.95 Å². The highest BCUT2D eigenvalue weighted by atomic mass is 32.2. The van der Waals surface area contributed by atoms with Crippen LogP contribution in [0.2, 0.25) is 0 Å². The van der Waals surface area contributed by atoms with Crippen molar-refractivity contribution in [2.24, 2.45) is 0 Å². The van der Waals surface area contributed by atoms with Gasteiger partial charge in [-0.25, -0.2) is 0 Å². The molecule has 1 aromatic rings. The second-order valence-corrected chi connectivity index (χ2v) is 4.70. The van der Waals surface area contributed by atoms with Crippen molar-refractivity contribution in [1.82, 2.24) is 14.8 Å². The maximum absolute atomic E-state index is 5.76. The lowest BCUT2D eigenvalue weighted by atomic mass is 10.5. The maximum atomic E-state index is 5.76. The van der Waals surface area contributed by atoms with Gasteiger partial charge in [-0.1, -0.05) is 11.8 Å². The molecule has 0 unspecified atom stereocenters. The van der Waals surface area contributed by atoms with E-state index in [1.807, 2.05) is 0 Å². The van der Waals surface area contributed by atoms with Crippen LogP contribution < -0.4 is 5.73 Å². The maximum Gasteiger partial charge on any atom is 0.222 e. The number of rotatable bonds is 6. The summed E-state index contributed by atoms with van der Waals surface area (Å²) in [4.78, 5) is 0. The van der Waals surface area contributed by atoms with E-state index in [0.717, 1.165) is 23.9 Å². The molecule has 1 saturated carbocycles. The molecule has 0 spiro atoms. The van der Waals surface area contributed by atoms with Gasteiger partial charge in [0.05, 0.1) is 0 Å². The van der Waals surface area contributed by atoms with Crippen LogP contribution in [0.3, 0.4) is 0 Å². The first kappa shape index (κ1) is 10.8. The van der Waals surface area contributed by atoms with Crippen LogP contribution in [-0.2, 0) is 4.74 Å². The summed E-state index contributed by atoms with van der Waals surface area (Å²) in [6.45, 7) is 0.792. The Bertz CT molecular complexity index is 324. The molecule has 5 nitrogen and oxygen atoms in total. The first-order valence-corrected chi connectivity index (χ1v) is 6.13. The van der Waals surface area contributed by atoms with Crippen molar-refractivity contribution in [3.05, 3.63) is 0 Å². The third-order valence-corrected chi connectivity index (χ3v) is 3.36. The highest BCUT2D eigenvalue weighted by Crippen LogP contribution is 2.39. The van der Waals surface area contributed by atoms with Crippen molar-refractivity contribution < 1.29 is 4.74 Å². The molecule has 6 heteroatoms. The van der Waals surface area contributed by atoms with E-state index in [1.54, 1.807) is 18.9 Å². The van der Waals surface area contributed by atoms with Gasteiger partial charge in [-0.05, 0) is 19.3 Å². The van der Waals surface area contributed by atoms with Gasteiger partial charge >= 0.3 is 0 Å². The summed E-state index contributed by atoms with van der Waals surface area (Å²) >= 11 is 1.71. The van der Waals surface area contributed by atoms with E-state index >= 15 is 0 Å². The minimum absolute atomic E-state index is 0.546. The molecule has 1 aromatic heterocycles. The van der Waals surface area contributed by atoms with E-state index in [2.05, 4.69) is 14.8 Å². The third kappa shape index (κ3) is 2.63. The SMILES string of the molecule is COCCCSc1nnc(N)n1C1CC1. The summed E-state index contributed by atoms with van der Waals surface area (Å²) in [6, 6.07) is 0.546. The summed E-state index contributed by atoms with van der Waals surface area (Å²) in [5.41, 5.74) is 5.76. The van der Waals surface area contributed by atoms with Crippen LogP contribution in [0.5, 0.6) is 0 Å². The lowest BCUT2D eigenvalue weighted by Crippen LogP contribution is -2.02.